The van der Waals surface area contributed by atoms with Crippen LogP contribution in [0.5, 0.6) is 0 Å². The molecule has 96 valence electrons. The van der Waals surface area contributed by atoms with E-state index in [1.165, 1.54) is 5.56 Å². The van der Waals surface area contributed by atoms with Gasteiger partial charge in [-0.15, -0.1) is 0 Å². The van der Waals surface area contributed by atoms with Crippen molar-refractivity contribution >= 4 is 29.0 Å². The molecule has 0 amide bonds. The van der Waals surface area contributed by atoms with Crippen molar-refractivity contribution in [2.75, 3.05) is 5.32 Å². The highest BCUT2D eigenvalue weighted by Crippen LogP contribution is 2.18. The number of anilines is 1. The molecule has 0 aliphatic carbocycles. The minimum atomic E-state index is 0.488. The number of hydrogen-bond acceptors (Lipinski definition) is 3. The van der Waals surface area contributed by atoms with Gasteiger partial charge in [0.05, 0.1) is 12.2 Å². The zero-order valence-electron chi connectivity index (χ0n) is 10.6. The molecule has 2 aromatic carbocycles. The van der Waals surface area contributed by atoms with Crippen LogP contribution in [-0.4, -0.2) is 4.57 Å². The van der Waals surface area contributed by atoms with Gasteiger partial charge in [0, 0.05) is 5.69 Å². The van der Waals surface area contributed by atoms with Crippen LogP contribution in [0.15, 0.2) is 52.9 Å². The van der Waals surface area contributed by atoms with Crippen molar-refractivity contribution in [3.05, 3.63) is 58.9 Å². The Balaban J connectivity index is 1.92. The molecule has 0 aliphatic heterocycles. The second-order valence-electron chi connectivity index (χ2n) is 4.41. The van der Waals surface area contributed by atoms with Crippen molar-refractivity contribution in [1.29, 1.82) is 0 Å². The van der Waals surface area contributed by atoms with Crippen LogP contribution in [0.2, 0.25) is 0 Å². The van der Waals surface area contributed by atoms with Gasteiger partial charge in [0.1, 0.15) is 0 Å². The van der Waals surface area contributed by atoms with Crippen molar-refractivity contribution < 1.29 is 4.42 Å². The summed E-state index contributed by atoms with van der Waals surface area (Å²) in [5, 5.41) is 3.38. The third-order valence-electron chi connectivity index (χ3n) is 3.15. The predicted octanol–water partition coefficient (Wildman–Crippen LogP) is 4.34. The molecule has 19 heavy (non-hydrogen) atoms. The smallest absolute Gasteiger partial charge is 0.271 e. The quantitative estimate of drug-likeness (QED) is 0.718. The number of aromatic nitrogens is 1. The predicted molar refractivity (Wildman–Crippen MR) is 79.8 cm³/mol. The Labute approximate surface area is 116 Å². The van der Waals surface area contributed by atoms with Gasteiger partial charge in [-0.1, -0.05) is 30.3 Å². The van der Waals surface area contributed by atoms with Gasteiger partial charge in [-0.05, 0) is 42.9 Å². The summed E-state index contributed by atoms with van der Waals surface area (Å²) >= 11 is 5.26. The lowest BCUT2D eigenvalue weighted by atomic mass is 10.2. The zero-order chi connectivity index (χ0) is 13.2. The molecule has 1 heterocycles. The molecule has 0 spiro atoms. The molecule has 3 aromatic rings. The Kier molecular flexibility index (Phi) is 3.09. The molecule has 3 rings (SSSR count). The summed E-state index contributed by atoms with van der Waals surface area (Å²) in [6.07, 6.45) is 0. The third-order valence-corrected chi connectivity index (χ3v) is 3.45. The molecule has 0 radical (unpaired) electrons. The molecule has 0 atom stereocenters. The number of para-hydroxylation sites is 3. The first-order valence-corrected chi connectivity index (χ1v) is 6.54. The Bertz CT molecular complexity index is 773. The van der Waals surface area contributed by atoms with Crippen molar-refractivity contribution in [2.45, 2.75) is 13.6 Å². The van der Waals surface area contributed by atoms with Crippen LogP contribution in [0.3, 0.4) is 0 Å². The fourth-order valence-electron chi connectivity index (χ4n) is 2.10. The molecule has 0 saturated heterocycles. The normalized spacial score (nSPS) is 10.8. The second kappa shape index (κ2) is 4.90. The SMILES string of the molecule is Cc1ccccc1NCn1c(=S)oc2ccccc21. The highest BCUT2D eigenvalue weighted by atomic mass is 32.1. The van der Waals surface area contributed by atoms with Crippen LogP contribution in [0, 0.1) is 11.8 Å². The summed E-state index contributed by atoms with van der Waals surface area (Å²) in [5.41, 5.74) is 4.14. The summed E-state index contributed by atoms with van der Waals surface area (Å²) in [6.45, 7) is 2.68. The van der Waals surface area contributed by atoms with Crippen molar-refractivity contribution in [2.24, 2.45) is 0 Å². The Morgan fingerprint density at radius 2 is 1.84 bits per heavy atom. The Morgan fingerprint density at radius 1 is 1.11 bits per heavy atom. The van der Waals surface area contributed by atoms with Gasteiger partial charge < -0.3 is 9.73 Å². The standard InChI is InChI=1S/C15H14N2OS/c1-11-6-2-3-7-12(11)16-10-17-13-8-4-5-9-14(13)18-15(17)19/h2-9,16H,10H2,1H3. The lowest BCUT2D eigenvalue weighted by molar-refractivity contribution is 0.546. The van der Waals surface area contributed by atoms with E-state index in [-0.39, 0.29) is 0 Å². The molecule has 0 unspecified atom stereocenters. The largest absolute Gasteiger partial charge is 0.429 e. The van der Waals surface area contributed by atoms with Gasteiger partial charge in [-0.2, -0.15) is 0 Å². The van der Waals surface area contributed by atoms with E-state index in [1.54, 1.807) is 0 Å². The number of aryl methyl sites for hydroxylation is 1. The monoisotopic (exact) mass is 270 g/mol. The van der Waals surface area contributed by atoms with E-state index in [9.17, 15) is 0 Å². The van der Waals surface area contributed by atoms with Crippen molar-refractivity contribution in [1.82, 2.24) is 4.57 Å². The van der Waals surface area contributed by atoms with Crippen molar-refractivity contribution in [3.8, 4) is 0 Å². The number of benzene rings is 2. The molecular formula is C15H14N2OS. The molecule has 4 heteroatoms. The van der Waals surface area contributed by atoms with E-state index in [4.69, 9.17) is 16.6 Å². The van der Waals surface area contributed by atoms with Crippen LogP contribution in [0.25, 0.3) is 11.1 Å². The Morgan fingerprint density at radius 3 is 2.68 bits per heavy atom. The Hall–Kier alpha value is -2.07. The third kappa shape index (κ3) is 2.27. The summed E-state index contributed by atoms with van der Waals surface area (Å²) < 4.78 is 7.51. The number of nitrogens with zero attached hydrogens (tertiary/aromatic N) is 1. The topological polar surface area (TPSA) is 30.1 Å². The second-order valence-corrected chi connectivity index (χ2v) is 4.76. The molecule has 0 aliphatic rings. The number of fused-ring (bicyclic) bond motifs is 1. The van der Waals surface area contributed by atoms with Gasteiger partial charge in [0.15, 0.2) is 5.58 Å². The summed E-state index contributed by atoms with van der Waals surface area (Å²) in [6, 6.07) is 16.0. The van der Waals surface area contributed by atoms with Gasteiger partial charge in [-0.25, -0.2) is 0 Å². The average molecular weight is 270 g/mol. The minimum absolute atomic E-state index is 0.488. The maximum absolute atomic E-state index is 5.56. The maximum atomic E-state index is 5.56. The molecular weight excluding hydrogens is 256 g/mol. The lowest BCUT2D eigenvalue weighted by Crippen LogP contribution is -2.08. The van der Waals surface area contributed by atoms with E-state index in [0.29, 0.717) is 11.5 Å². The van der Waals surface area contributed by atoms with Gasteiger partial charge in [0.2, 0.25) is 0 Å². The van der Waals surface area contributed by atoms with Gasteiger partial charge in [-0.3, -0.25) is 4.57 Å². The minimum Gasteiger partial charge on any atom is -0.429 e. The van der Waals surface area contributed by atoms with Crippen molar-refractivity contribution in [3.63, 3.8) is 0 Å². The average Bonchev–Trinajstić information content (AvgIpc) is 2.74. The first-order chi connectivity index (χ1) is 9.25. The lowest BCUT2D eigenvalue weighted by Gasteiger charge is -2.10. The highest BCUT2D eigenvalue weighted by Gasteiger charge is 2.05. The highest BCUT2D eigenvalue weighted by molar-refractivity contribution is 7.71. The van der Waals surface area contributed by atoms with Crippen LogP contribution in [0.4, 0.5) is 5.69 Å². The molecule has 0 bridgehead atoms. The van der Waals surface area contributed by atoms with E-state index >= 15 is 0 Å². The summed E-state index contributed by atoms with van der Waals surface area (Å²) in [4.78, 5) is 0.488. The van der Waals surface area contributed by atoms with E-state index in [2.05, 4.69) is 24.4 Å². The van der Waals surface area contributed by atoms with Crippen LogP contribution < -0.4 is 5.32 Å². The fourth-order valence-corrected chi connectivity index (χ4v) is 2.35. The first-order valence-electron chi connectivity index (χ1n) is 6.13. The number of hydrogen-bond donors (Lipinski definition) is 1. The summed E-state index contributed by atoms with van der Waals surface area (Å²) in [5.74, 6) is 0. The number of nitrogens with one attached hydrogen (secondary N) is 1. The van der Waals surface area contributed by atoms with Crippen LogP contribution in [-0.2, 0) is 6.67 Å². The number of rotatable bonds is 3. The molecule has 1 aromatic heterocycles. The van der Waals surface area contributed by atoms with E-state index < -0.39 is 0 Å². The molecule has 1 N–H and O–H groups in total. The van der Waals surface area contributed by atoms with Gasteiger partial charge >= 0.3 is 0 Å². The van der Waals surface area contributed by atoms with E-state index in [0.717, 1.165) is 16.8 Å². The summed E-state index contributed by atoms with van der Waals surface area (Å²) in [7, 11) is 0. The zero-order valence-corrected chi connectivity index (χ0v) is 11.4. The number of oxazole rings is 1. The van der Waals surface area contributed by atoms with Crippen LogP contribution in [0.1, 0.15) is 5.56 Å². The van der Waals surface area contributed by atoms with Gasteiger partial charge in [0.25, 0.3) is 4.84 Å². The molecule has 0 saturated carbocycles. The fraction of sp³-hybridized carbons (Fsp3) is 0.133. The maximum Gasteiger partial charge on any atom is 0.271 e. The van der Waals surface area contributed by atoms with Crippen LogP contribution >= 0.6 is 12.2 Å². The molecule has 0 fully saturated rings. The first kappa shape index (κ1) is 12.0. The van der Waals surface area contributed by atoms with E-state index in [1.807, 2.05) is 41.0 Å². The molecule has 3 nitrogen and oxygen atoms in total.